The van der Waals surface area contributed by atoms with E-state index in [1.807, 2.05) is 0 Å². The molecule has 2 aromatic carbocycles. The van der Waals surface area contributed by atoms with Crippen LogP contribution in [0.25, 0.3) is 0 Å². The number of carbonyl (C=O) groups excluding carboxylic acids is 1. The molecule has 0 fully saturated rings. The van der Waals surface area contributed by atoms with Crippen molar-refractivity contribution >= 4 is 28.9 Å². The maximum absolute atomic E-state index is 12.4. The lowest BCUT2D eigenvalue weighted by Gasteiger charge is -2.10. The third kappa shape index (κ3) is 5.66. The molecule has 1 heterocycles. The minimum Gasteiger partial charge on any atom is -0.470 e. The van der Waals surface area contributed by atoms with Crippen molar-refractivity contribution in [1.82, 2.24) is 9.78 Å². The van der Waals surface area contributed by atoms with Crippen molar-refractivity contribution in [3.05, 3.63) is 75.1 Å². The zero-order valence-electron chi connectivity index (χ0n) is 15.9. The van der Waals surface area contributed by atoms with Crippen LogP contribution < -0.4 is 14.8 Å². The molecule has 162 valence electrons. The molecule has 0 aliphatic rings. The number of nitro groups is 1. The van der Waals surface area contributed by atoms with E-state index in [0.717, 1.165) is 0 Å². The normalized spacial score (nSPS) is 10.7. The van der Waals surface area contributed by atoms with Crippen LogP contribution in [-0.2, 0) is 6.73 Å². The van der Waals surface area contributed by atoms with Gasteiger partial charge in [-0.1, -0.05) is 11.6 Å². The van der Waals surface area contributed by atoms with E-state index < -0.39 is 17.4 Å². The maximum atomic E-state index is 12.4. The van der Waals surface area contributed by atoms with E-state index in [1.54, 1.807) is 6.92 Å². The molecule has 0 atom stereocenters. The molecule has 9 nitrogen and oxygen atoms in total. The molecule has 0 saturated heterocycles. The largest absolute Gasteiger partial charge is 0.470 e. The molecule has 0 aliphatic carbocycles. The number of amides is 1. The molecule has 0 aliphatic heterocycles. The minimum atomic E-state index is -2.94. The average molecular weight is 453 g/mol. The van der Waals surface area contributed by atoms with Crippen molar-refractivity contribution in [3.8, 4) is 11.5 Å². The predicted octanol–water partition coefficient (Wildman–Crippen LogP) is 4.64. The molecule has 1 amide bonds. The highest BCUT2D eigenvalue weighted by molar-refractivity contribution is 6.32. The van der Waals surface area contributed by atoms with Crippen LogP contribution in [0, 0.1) is 17.0 Å². The van der Waals surface area contributed by atoms with Gasteiger partial charge in [-0.25, -0.2) is 4.68 Å². The Hall–Kier alpha value is -3.73. The van der Waals surface area contributed by atoms with Gasteiger partial charge in [0.1, 0.15) is 11.5 Å². The van der Waals surface area contributed by atoms with Crippen molar-refractivity contribution < 1.29 is 28.0 Å². The molecule has 31 heavy (non-hydrogen) atoms. The number of hydrogen-bond acceptors (Lipinski definition) is 6. The van der Waals surface area contributed by atoms with Crippen LogP contribution in [-0.4, -0.2) is 27.2 Å². The summed E-state index contributed by atoms with van der Waals surface area (Å²) < 4.78 is 35.7. The summed E-state index contributed by atoms with van der Waals surface area (Å²) >= 11 is 5.97. The molecule has 12 heteroatoms. The Balaban J connectivity index is 1.61. The molecule has 0 spiro atoms. The second-order valence-electron chi connectivity index (χ2n) is 6.20. The summed E-state index contributed by atoms with van der Waals surface area (Å²) in [6.45, 7) is -1.40. The number of nitrogens with one attached hydrogen (secondary N) is 1. The number of hydrogen-bond donors (Lipinski definition) is 1. The molecule has 3 rings (SSSR count). The van der Waals surface area contributed by atoms with Crippen molar-refractivity contribution in [3.63, 3.8) is 0 Å². The Morgan fingerprint density at radius 2 is 2.06 bits per heavy atom. The first-order valence-corrected chi connectivity index (χ1v) is 9.07. The molecule has 1 aromatic heterocycles. The number of carbonyl (C=O) groups is 1. The number of ether oxygens (including phenoxy) is 2. The second kappa shape index (κ2) is 9.39. The second-order valence-corrected chi connectivity index (χ2v) is 6.60. The van der Waals surface area contributed by atoms with Gasteiger partial charge in [0.05, 0.1) is 9.95 Å². The lowest BCUT2D eigenvalue weighted by molar-refractivity contribution is -0.384. The average Bonchev–Trinajstić information content (AvgIpc) is 3.17. The Morgan fingerprint density at radius 3 is 2.71 bits per heavy atom. The van der Waals surface area contributed by atoms with E-state index in [9.17, 15) is 23.7 Å². The Kier molecular flexibility index (Phi) is 6.65. The Bertz CT molecular complexity index is 1120. The third-order valence-corrected chi connectivity index (χ3v) is 4.32. The van der Waals surface area contributed by atoms with Crippen LogP contribution >= 0.6 is 11.6 Å². The fourth-order valence-electron chi connectivity index (χ4n) is 2.55. The van der Waals surface area contributed by atoms with Crippen LogP contribution in [0.3, 0.4) is 0 Å². The van der Waals surface area contributed by atoms with Gasteiger partial charge in [0.25, 0.3) is 11.6 Å². The summed E-state index contributed by atoms with van der Waals surface area (Å²) in [5.41, 5.74) is 0.863. The molecule has 1 N–H and O–H groups in total. The summed E-state index contributed by atoms with van der Waals surface area (Å²) in [4.78, 5) is 22.6. The van der Waals surface area contributed by atoms with Crippen molar-refractivity contribution in [2.75, 3.05) is 5.32 Å². The van der Waals surface area contributed by atoms with Crippen molar-refractivity contribution in [2.45, 2.75) is 20.3 Å². The molecule has 0 unspecified atom stereocenters. The summed E-state index contributed by atoms with van der Waals surface area (Å²) in [7, 11) is 0. The minimum absolute atomic E-state index is 0.0168. The highest BCUT2D eigenvalue weighted by atomic mass is 35.5. The van der Waals surface area contributed by atoms with Crippen LogP contribution in [0.1, 0.15) is 16.1 Å². The zero-order chi connectivity index (χ0) is 22.5. The molecule has 0 bridgehead atoms. The quantitative estimate of drug-likeness (QED) is 0.394. The molecule has 0 radical (unpaired) electrons. The number of non-ortho nitro benzene ring substituents is 1. The lowest BCUT2D eigenvalue weighted by Crippen LogP contribution is -2.15. The van der Waals surface area contributed by atoms with E-state index in [4.69, 9.17) is 16.3 Å². The van der Waals surface area contributed by atoms with Gasteiger partial charge in [0.2, 0.25) is 0 Å². The molecule has 0 saturated carbocycles. The zero-order valence-corrected chi connectivity index (χ0v) is 16.7. The third-order valence-electron chi connectivity index (χ3n) is 4.02. The number of aryl methyl sites for hydroxylation is 1. The topological polar surface area (TPSA) is 109 Å². The first-order valence-electron chi connectivity index (χ1n) is 8.70. The number of halogens is 3. The Labute approximate surface area is 179 Å². The summed E-state index contributed by atoms with van der Waals surface area (Å²) in [6, 6.07) is 9.38. The van der Waals surface area contributed by atoms with E-state index in [0.29, 0.717) is 11.3 Å². The maximum Gasteiger partial charge on any atom is 0.387 e. The van der Waals surface area contributed by atoms with Gasteiger partial charge in [-0.15, -0.1) is 0 Å². The molecule has 3 aromatic rings. The Morgan fingerprint density at radius 1 is 1.29 bits per heavy atom. The number of nitrogens with zero attached hydrogens (tertiary/aromatic N) is 3. The number of aromatic nitrogens is 2. The smallest absolute Gasteiger partial charge is 0.387 e. The number of nitro benzene ring substituents is 1. The van der Waals surface area contributed by atoms with Crippen LogP contribution in [0.4, 0.5) is 20.2 Å². The number of anilines is 1. The van der Waals surface area contributed by atoms with Gasteiger partial charge in [0, 0.05) is 24.0 Å². The van der Waals surface area contributed by atoms with E-state index in [2.05, 4.69) is 15.2 Å². The predicted molar refractivity (Wildman–Crippen MR) is 107 cm³/mol. The molecular formula is C19H15ClF2N4O5. The monoisotopic (exact) mass is 452 g/mol. The number of alkyl halides is 2. The van der Waals surface area contributed by atoms with Gasteiger partial charge in [-0.05, 0) is 42.8 Å². The van der Waals surface area contributed by atoms with Crippen molar-refractivity contribution in [1.29, 1.82) is 0 Å². The van der Waals surface area contributed by atoms with E-state index in [1.165, 1.54) is 53.3 Å². The fraction of sp³-hybridized carbons (Fsp3) is 0.158. The SMILES string of the molecule is Cc1cc(OC(F)F)ccc1NC(=O)c1ccn(COc2ccc([N+](=O)[O-])cc2Cl)n1. The summed E-state index contributed by atoms with van der Waals surface area (Å²) in [6.07, 6.45) is 1.50. The lowest BCUT2D eigenvalue weighted by atomic mass is 10.2. The highest BCUT2D eigenvalue weighted by Crippen LogP contribution is 2.29. The standard InChI is InChI=1S/C19H15ClF2N4O5/c1-11-8-13(31-19(21)22)3-4-15(11)23-18(27)16-6-7-25(24-16)10-30-17-5-2-12(26(28)29)9-14(17)20/h2-9,19H,10H2,1H3,(H,23,27). The highest BCUT2D eigenvalue weighted by Gasteiger charge is 2.14. The number of rotatable bonds is 8. The first kappa shape index (κ1) is 22.0. The van der Waals surface area contributed by atoms with Crippen LogP contribution in [0.15, 0.2) is 48.7 Å². The van der Waals surface area contributed by atoms with Gasteiger partial charge in [0.15, 0.2) is 12.4 Å². The van der Waals surface area contributed by atoms with Gasteiger partial charge >= 0.3 is 6.61 Å². The summed E-state index contributed by atoms with van der Waals surface area (Å²) in [5.74, 6) is -0.315. The molecular weight excluding hydrogens is 438 g/mol. The van der Waals surface area contributed by atoms with E-state index in [-0.39, 0.29) is 34.6 Å². The van der Waals surface area contributed by atoms with E-state index >= 15 is 0 Å². The van der Waals surface area contributed by atoms with Crippen molar-refractivity contribution in [2.24, 2.45) is 0 Å². The van der Waals surface area contributed by atoms with Crippen LogP contribution in [0.5, 0.6) is 11.5 Å². The van der Waals surface area contributed by atoms with Gasteiger partial charge in [-0.3, -0.25) is 14.9 Å². The van der Waals surface area contributed by atoms with Crippen LogP contribution in [0.2, 0.25) is 5.02 Å². The fourth-order valence-corrected chi connectivity index (χ4v) is 2.78. The van der Waals surface area contributed by atoms with Gasteiger partial charge < -0.3 is 14.8 Å². The summed E-state index contributed by atoms with van der Waals surface area (Å²) in [5, 5.41) is 17.5. The van der Waals surface area contributed by atoms with Gasteiger partial charge in [-0.2, -0.15) is 13.9 Å². The number of benzene rings is 2. The first-order chi connectivity index (χ1) is 14.7.